The van der Waals surface area contributed by atoms with Gasteiger partial charge in [-0.2, -0.15) is 4.98 Å². The van der Waals surface area contributed by atoms with Gasteiger partial charge in [-0.3, -0.25) is 9.69 Å². The standard InChI is InChI=1S/C33H34N8O.C6H12/c1-40-17-19-41(20-18-40)22-24-4-9-25(10-5-24)29-21-36-33(39-31(29)34)38-27-11-6-23(7-12-27)8-15-30-28(3-2-16-35-30)32(42)37-26-13-14-26;1-2-4-6-5-3-1/h2-7,9-12,16,21,26H,13-14,17-20,22H2,1H3,(H,37,42)(H3,34,36,38,39);1-6H2. The molecule has 0 atom stereocenters. The summed E-state index contributed by atoms with van der Waals surface area (Å²) in [6, 6.07) is 19.8. The summed E-state index contributed by atoms with van der Waals surface area (Å²) in [5.74, 6) is 6.85. The quantitative estimate of drug-likeness (QED) is 0.203. The minimum Gasteiger partial charge on any atom is -0.383 e. The number of nitrogens with two attached hydrogens (primary N) is 1. The molecule has 0 spiro atoms. The van der Waals surface area contributed by atoms with Crippen LogP contribution in [0.2, 0.25) is 0 Å². The summed E-state index contributed by atoms with van der Waals surface area (Å²) in [5.41, 5.74) is 12.0. The molecule has 0 unspecified atom stereocenters. The third-order valence-electron chi connectivity index (χ3n) is 9.02. The average Bonchev–Trinajstić information content (AvgIpc) is 3.95. The van der Waals surface area contributed by atoms with Crippen molar-refractivity contribution in [3.8, 4) is 23.0 Å². The number of likely N-dealkylation sites (N-methyl/N-ethyl adjacent to an activating group) is 1. The van der Waals surface area contributed by atoms with Crippen LogP contribution in [-0.2, 0) is 6.54 Å². The van der Waals surface area contributed by atoms with E-state index in [2.05, 4.69) is 78.5 Å². The van der Waals surface area contributed by atoms with Gasteiger partial charge in [0.1, 0.15) is 11.5 Å². The Labute approximate surface area is 284 Å². The van der Waals surface area contributed by atoms with Crippen molar-refractivity contribution >= 4 is 23.4 Å². The van der Waals surface area contributed by atoms with Crippen LogP contribution in [0.4, 0.5) is 17.5 Å². The lowest BCUT2D eigenvalue weighted by molar-refractivity contribution is 0.0950. The van der Waals surface area contributed by atoms with Gasteiger partial charge in [-0.25, -0.2) is 9.97 Å². The number of anilines is 3. The molecule has 9 heteroatoms. The van der Waals surface area contributed by atoms with Crippen LogP contribution >= 0.6 is 0 Å². The van der Waals surface area contributed by atoms with Gasteiger partial charge in [0.25, 0.3) is 5.91 Å². The fourth-order valence-electron chi connectivity index (χ4n) is 5.87. The van der Waals surface area contributed by atoms with Crippen molar-refractivity contribution in [2.75, 3.05) is 44.3 Å². The van der Waals surface area contributed by atoms with E-state index in [1.165, 1.54) is 44.1 Å². The van der Waals surface area contributed by atoms with Crippen LogP contribution in [0.3, 0.4) is 0 Å². The summed E-state index contributed by atoms with van der Waals surface area (Å²) in [5, 5.41) is 6.20. The monoisotopic (exact) mass is 642 g/mol. The van der Waals surface area contributed by atoms with Crippen molar-refractivity contribution in [3.05, 3.63) is 95.4 Å². The van der Waals surface area contributed by atoms with Gasteiger partial charge in [0.05, 0.1) is 5.56 Å². The maximum atomic E-state index is 12.5. The summed E-state index contributed by atoms with van der Waals surface area (Å²) in [6.45, 7) is 5.36. The molecule has 2 aliphatic carbocycles. The third-order valence-corrected chi connectivity index (χ3v) is 9.02. The van der Waals surface area contributed by atoms with Crippen LogP contribution in [0.25, 0.3) is 11.1 Å². The van der Waals surface area contributed by atoms with Crippen LogP contribution < -0.4 is 16.4 Å². The molecule has 1 aliphatic heterocycles. The smallest absolute Gasteiger partial charge is 0.254 e. The van der Waals surface area contributed by atoms with E-state index in [-0.39, 0.29) is 11.9 Å². The minimum absolute atomic E-state index is 0.127. The molecule has 3 aliphatic rings. The maximum Gasteiger partial charge on any atom is 0.254 e. The maximum absolute atomic E-state index is 12.5. The van der Waals surface area contributed by atoms with E-state index in [1.807, 2.05) is 24.3 Å². The summed E-state index contributed by atoms with van der Waals surface area (Å²) in [7, 11) is 2.17. The summed E-state index contributed by atoms with van der Waals surface area (Å²) in [4.78, 5) is 30.6. The molecule has 2 saturated carbocycles. The van der Waals surface area contributed by atoms with Gasteiger partial charge >= 0.3 is 0 Å². The Morgan fingerprint density at radius 2 is 1.56 bits per heavy atom. The van der Waals surface area contributed by atoms with E-state index in [4.69, 9.17) is 5.73 Å². The molecular formula is C39H46N8O. The second-order valence-electron chi connectivity index (χ2n) is 13.0. The number of aromatic nitrogens is 3. The Bertz CT molecular complexity index is 1700. The average molecular weight is 643 g/mol. The van der Waals surface area contributed by atoms with Crippen molar-refractivity contribution in [2.45, 2.75) is 64.0 Å². The van der Waals surface area contributed by atoms with E-state index >= 15 is 0 Å². The van der Waals surface area contributed by atoms with Crippen LogP contribution in [0.1, 0.15) is 78.5 Å². The Balaban J connectivity index is 0.000000604. The fourth-order valence-corrected chi connectivity index (χ4v) is 5.87. The van der Waals surface area contributed by atoms with Gasteiger partial charge in [0.15, 0.2) is 0 Å². The van der Waals surface area contributed by atoms with Gasteiger partial charge in [0.2, 0.25) is 5.95 Å². The number of benzene rings is 2. The lowest BCUT2D eigenvalue weighted by atomic mass is 10.0. The second-order valence-corrected chi connectivity index (χ2v) is 13.0. The highest BCUT2D eigenvalue weighted by Crippen LogP contribution is 2.26. The van der Waals surface area contributed by atoms with Crippen LogP contribution in [0, 0.1) is 11.8 Å². The molecule has 7 rings (SSSR count). The lowest BCUT2D eigenvalue weighted by Gasteiger charge is -2.32. The van der Waals surface area contributed by atoms with E-state index in [9.17, 15) is 4.79 Å². The number of carbonyl (C=O) groups is 1. The van der Waals surface area contributed by atoms with E-state index in [0.29, 0.717) is 23.0 Å². The van der Waals surface area contributed by atoms with E-state index < -0.39 is 0 Å². The number of nitrogen functional groups attached to an aromatic ring is 1. The zero-order chi connectivity index (χ0) is 33.1. The molecule has 0 bridgehead atoms. The molecule has 1 amide bonds. The molecule has 4 aromatic rings. The number of pyridine rings is 1. The number of hydrogen-bond acceptors (Lipinski definition) is 8. The first-order valence-corrected chi connectivity index (χ1v) is 17.3. The van der Waals surface area contributed by atoms with E-state index in [1.54, 1.807) is 24.5 Å². The molecule has 2 aromatic carbocycles. The topological polar surface area (TPSA) is 112 Å². The summed E-state index contributed by atoms with van der Waals surface area (Å²) >= 11 is 0. The Hall–Kier alpha value is -4.78. The first kappa shape index (κ1) is 33.1. The molecule has 3 fully saturated rings. The van der Waals surface area contributed by atoms with Crippen molar-refractivity contribution in [1.82, 2.24) is 30.1 Å². The molecule has 4 N–H and O–H groups in total. The zero-order valence-electron chi connectivity index (χ0n) is 27.9. The molecule has 1 saturated heterocycles. The number of nitrogens with zero attached hydrogens (tertiary/aromatic N) is 5. The van der Waals surface area contributed by atoms with Gasteiger partial charge < -0.3 is 21.3 Å². The number of rotatable bonds is 7. The van der Waals surface area contributed by atoms with Crippen LogP contribution in [-0.4, -0.2) is 69.9 Å². The fraction of sp³-hybridized carbons (Fsp3) is 0.385. The van der Waals surface area contributed by atoms with Crippen molar-refractivity contribution < 1.29 is 4.79 Å². The molecular weight excluding hydrogens is 596 g/mol. The number of amides is 1. The summed E-state index contributed by atoms with van der Waals surface area (Å²) < 4.78 is 0. The lowest BCUT2D eigenvalue weighted by Crippen LogP contribution is -2.43. The third kappa shape index (κ3) is 9.63. The Morgan fingerprint density at radius 3 is 2.21 bits per heavy atom. The second kappa shape index (κ2) is 16.4. The molecule has 0 radical (unpaired) electrons. The highest BCUT2D eigenvalue weighted by Gasteiger charge is 2.24. The highest BCUT2D eigenvalue weighted by molar-refractivity contribution is 5.96. The first-order valence-electron chi connectivity index (χ1n) is 17.3. The predicted molar refractivity (Wildman–Crippen MR) is 193 cm³/mol. The predicted octanol–water partition coefficient (Wildman–Crippen LogP) is 6.24. The largest absolute Gasteiger partial charge is 0.383 e. The molecule has 2 aromatic heterocycles. The van der Waals surface area contributed by atoms with Gasteiger partial charge in [0, 0.05) is 68.0 Å². The zero-order valence-corrected chi connectivity index (χ0v) is 27.9. The minimum atomic E-state index is -0.127. The molecule has 48 heavy (non-hydrogen) atoms. The SMILES string of the molecule is C1CCCCC1.CN1CCN(Cc2ccc(-c3cnc(Nc4ccc(C#Cc5ncccc5C(=O)NC5CC5)cc4)nc3N)cc2)CC1. The normalized spacial score (nSPS) is 16.5. The van der Waals surface area contributed by atoms with Crippen molar-refractivity contribution in [1.29, 1.82) is 0 Å². The van der Waals surface area contributed by atoms with Gasteiger partial charge in [-0.15, -0.1) is 0 Å². The van der Waals surface area contributed by atoms with Crippen LogP contribution in [0.15, 0.2) is 73.1 Å². The van der Waals surface area contributed by atoms with E-state index in [0.717, 1.165) is 67.9 Å². The Kier molecular flexibility index (Phi) is 11.3. The number of piperazine rings is 1. The Morgan fingerprint density at radius 1 is 0.875 bits per heavy atom. The molecule has 3 heterocycles. The van der Waals surface area contributed by atoms with Crippen molar-refractivity contribution in [2.24, 2.45) is 0 Å². The van der Waals surface area contributed by atoms with Crippen molar-refractivity contribution in [3.63, 3.8) is 0 Å². The van der Waals surface area contributed by atoms with Gasteiger partial charge in [-0.05, 0) is 73.3 Å². The highest BCUT2D eigenvalue weighted by atomic mass is 16.1. The molecule has 248 valence electrons. The van der Waals surface area contributed by atoms with Gasteiger partial charge in [-0.1, -0.05) is 68.7 Å². The van der Waals surface area contributed by atoms with Crippen LogP contribution in [0.5, 0.6) is 0 Å². The molecule has 9 nitrogen and oxygen atoms in total. The summed E-state index contributed by atoms with van der Waals surface area (Å²) in [6.07, 6.45) is 14.5. The number of carbonyl (C=O) groups excluding carboxylic acids is 1. The number of nitrogens with one attached hydrogen (secondary N) is 2. The first-order chi connectivity index (χ1) is 23.5. The number of hydrogen-bond donors (Lipinski definition) is 3.